The third-order valence-electron chi connectivity index (χ3n) is 1.65. The van der Waals surface area contributed by atoms with Gasteiger partial charge in [0.05, 0.1) is 18.7 Å². The second-order valence-electron chi connectivity index (χ2n) is 2.50. The lowest BCUT2D eigenvalue weighted by Gasteiger charge is -1.98. The van der Waals surface area contributed by atoms with E-state index >= 15 is 0 Å². The van der Waals surface area contributed by atoms with Crippen molar-refractivity contribution in [2.45, 2.75) is 13.3 Å². The second-order valence-corrected chi connectivity index (χ2v) is 6.62. The molecule has 14 heavy (non-hydrogen) atoms. The first-order valence-electron chi connectivity index (χ1n) is 3.84. The summed E-state index contributed by atoms with van der Waals surface area (Å²) >= 11 is 14.4. The fourth-order valence-corrected chi connectivity index (χ4v) is 4.25. The minimum atomic E-state index is 0.531. The average molecular weight is 355 g/mol. The lowest BCUT2D eigenvalue weighted by Crippen LogP contribution is -1.81. The molecule has 0 aliphatic heterocycles. The minimum Gasteiger partial charge on any atom is -0.193 e. The van der Waals surface area contributed by atoms with Crippen molar-refractivity contribution < 1.29 is 0 Å². The predicted molar refractivity (Wildman–Crippen MR) is 68.4 cm³/mol. The smallest absolute Gasteiger partial charge is 0.0962 e. The van der Waals surface area contributed by atoms with Gasteiger partial charge in [-0.2, -0.15) is 5.26 Å². The number of nitriles is 1. The zero-order chi connectivity index (χ0) is 10.7. The summed E-state index contributed by atoms with van der Waals surface area (Å²) in [5.41, 5.74) is 1.49. The molecule has 0 aromatic carbocycles. The first-order valence-corrected chi connectivity index (χ1v) is 6.62. The molecule has 5 heteroatoms. The largest absolute Gasteiger partial charge is 0.193 e. The number of nitrogens with zero attached hydrogens (tertiary/aromatic N) is 1. The Hall–Kier alpha value is 0.180. The van der Waals surface area contributed by atoms with Crippen molar-refractivity contribution in [3.8, 4) is 6.07 Å². The van der Waals surface area contributed by atoms with Gasteiger partial charge in [-0.1, -0.05) is 18.5 Å². The highest BCUT2D eigenvalue weighted by molar-refractivity contribution is 9.12. The van der Waals surface area contributed by atoms with E-state index < -0.39 is 0 Å². The van der Waals surface area contributed by atoms with Gasteiger partial charge in [-0.3, -0.25) is 0 Å². The van der Waals surface area contributed by atoms with Gasteiger partial charge in [0.2, 0.25) is 0 Å². The SMILES string of the molecule is CC/C(C#N)=C(/Cl)c1cc(Br)sc1Br. The van der Waals surface area contributed by atoms with Crippen LogP contribution in [0.15, 0.2) is 19.2 Å². The number of hydrogen-bond acceptors (Lipinski definition) is 2. The van der Waals surface area contributed by atoms with Crippen molar-refractivity contribution in [3.05, 3.63) is 24.8 Å². The summed E-state index contributed by atoms with van der Waals surface area (Å²) < 4.78 is 1.93. The summed E-state index contributed by atoms with van der Waals surface area (Å²) in [5.74, 6) is 0. The third kappa shape index (κ3) is 2.60. The molecule has 0 unspecified atom stereocenters. The molecule has 1 heterocycles. The molecule has 0 spiro atoms. The maximum Gasteiger partial charge on any atom is 0.0962 e. The van der Waals surface area contributed by atoms with Crippen molar-refractivity contribution in [3.63, 3.8) is 0 Å². The van der Waals surface area contributed by atoms with Crippen LogP contribution >= 0.6 is 54.8 Å². The van der Waals surface area contributed by atoms with Gasteiger partial charge < -0.3 is 0 Å². The topological polar surface area (TPSA) is 23.8 Å². The summed E-state index contributed by atoms with van der Waals surface area (Å²) in [6.45, 7) is 1.91. The third-order valence-corrected chi connectivity index (χ3v) is 4.42. The van der Waals surface area contributed by atoms with Crippen LogP contribution in [0.5, 0.6) is 0 Å². The number of thiophene rings is 1. The Morgan fingerprint density at radius 3 is 2.64 bits per heavy atom. The van der Waals surface area contributed by atoms with Crippen LogP contribution in [0.2, 0.25) is 0 Å². The van der Waals surface area contributed by atoms with Crippen molar-refractivity contribution >= 4 is 59.8 Å². The van der Waals surface area contributed by atoms with E-state index in [0.29, 0.717) is 17.0 Å². The standard InChI is InChI=1S/C9H6Br2ClNS/c1-2-5(4-13)8(12)6-3-7(10)14-9(6)11/h3H,2H2,1H3/b8-5-. The van der Waals surface area contributed by atoms with Gasteiger partial charge in [-0.05, 0) is 44.3 Å². The summed E-state index contributed by atoms with van der Waals surface area (Å²) in [6.07, 6.45) is 0.648. The molecule has 1 rings (SSSR count). The van der Waals surface area contributed by atoms with Gasteiger partial charge in [0, 0.05) is 11.1 Å². The van der Waals surface area contributed by atoms with E-state index in [9.17, 15) is 0 Å². The van der Waals surface area contributed by atoms with E-state index in [-0.39, 0.29) is 0 Å². The number of rotatable bonds is 2. The Kier molecular flexibility index (Phi) is 4.65. The highest BCUT2D eigenvalue weighted by Gasteiger charge is 2.12. The zero-order valence-corrected chi connectivity index (χ0v) is 12.0. The molecule has 0 atom stereocenters. The monoisotopic (exact) mass is 353 g/mol. The number of allylic oxidation sites excluding steroid dienone is 1. The highest BCUT2D eigenvalue weighted by atomic mass is 79.9. The van der Waals surface area contributed by atoms with Crippen LogP contribution in [-0.2, 0) is 0 Å². The van der Waals surface area contributed by atoms with Crippen molar-refractivity contribution in [2.24, 2.45) is 0 Å². The molecule has 0 saturated heterocycles. The van der Waals surface area contributed by atoms with Crippen LogP contribution in [0.3, 0.4) is 0 Å². The lowest BCUT2D eigenvalue weighted by atomic mass is 10.1. The Bertz CT molecular complexity index is 417. The van der Waals surface area contributed by atoms with Gasteiger partial charge in [0.1, 0.15) is 0 Å². The molecule has 0 amide bonds. The minimum absolute atomic E-state index is 0.531. The molecular formula is C9H6Br2ClNS. The van der Waals surface area contributed by atoms with Gasteiger partial charge in [-0.25, -0.2) is 0 Å². The van der Waals surface area contributed by atoms with Crippen molar-refractivity contribution in [1.82, 2.24) is 0 Å². The highest BCUT2D eigenvalue weighted by Crippen LogP contribution is 2.38. The average Bonchev–Trinajstić information content (AvgIpc) is 2.47. The molecule has 0 radical (unpaired) electrons. The summed E-state index contributed by atoms with van der Waals surface area (Å²) in [7, 11) is 0. The molecule has 0 fully saturated rings. The number of halogens is 3. The zero-order valence-electron chi connectivity index (χ0n) is 7.27. The molecule has 0 bridgehead atoms. The molecule has 1 aromatic heterocycles. The van der Waals surface area contributed by atoms with Crippen molar-refractivity contribution in [2.75, 3.05) is 0 Å². The maximum atomic E-state index is 8.84. The van der Waals surface area contributed by atoms with Gasteiger partial charge in [0.15, 0.2) is 0 Å². The maximum absolute atomic E-state index is 8.84. The van der Waals surface area contributed by atoms with Gasteiger partial charge >= 0.3 is 0 Å². The Labute approximate surface area is 109 Å². The normalized spacial score (nSPS) is 12.2. The molecule has 0 saturated carbocycles. The lowest BCUT2D eigenvalue weighted by molar-refractivity contribution is 1.16. The fraction of sp³-hybridized carbons (Fsp3) is 0.222. The fourth-order valence-electron chi connectivity index (χ4n) is 0.936. The van der Waals surface area contributed by atoms with Crippen LogP contribution in [0, 0.1) is 11.3 Å². The van der Waals surface area contributed by atoms with Gasteiger partial charge in [-0.15, -0.1) is 11.3 Å². The van der Waals surface area contributed by atoms with E-state index in [2.05, 4.69) is 37.9 Å². The van der Waals surface area contributed by atoms with E-state index in [1.54, 1.807) is 11.3 Å². The van der Waals surface area contributed by atoms with E-state index in [4.69, 9.17) is 16.9 Å². The van der Waals surface area contributed by atoms with E-state index in [1.807, 2.05) is 13.0 Å². The first kappa shape index (κ1) is 12.3. The Balaban J connectivity index is 3.24. The molecule has 74 valence electrons. The molecular weight excluding hydrogens is 349 g/mol. The molecule has 1 aromatic rings. The Morgan fingerprint density at radius 1 is 1.64 bits per heavy atom. The summed E-state index contributed by atoms with van der Waals surface area (Å²) in [6, 6.07) is 4.01. The summed E-state index contributed by atoms with van der Waals surface area (Å²) in [5, 5.41) is 9.37. The van der Waals surface area contributed by atoms with Crippen LogP contribution in [0.1, 0.15) is 18.9 Å². The van der Waals surface area contributed by atoms with E-state index in [1.165, 1.54) is 0 Å². The first-order chi connectivity index (χ1) is 6.60. The Morgan fingerprint density at radius 2 is 2.29 bits per heavy atom. The summed E-state index contributed by atoms with van der Waals surface area (Å²) in [4.78, 5) is 0. The van der Waals surface area contributed by atoms with E-state index in [0.717, 1.165) is 13.1 Å². The predicted octanol–water partition coefficient (Wildman–Crippen LogP) is 5.16. The van der Waals surface area contributed by atoms with Crippen LogP contribution in [-0.4, -0.2) is 0 Å². The van der Waals surface area contributed by atoms with Crippen LogP contribution < -0.4 is 0 Å². The molecule has 0 aliphatic carbocycles. The second kappa shape index (κ2) is 5.32. The van der Waals surface area contributed by atoms with Crippen molar-refractivity contribution in [1.29, 1.82) is 5.26 Å². The molecule has 0 aliphatic rings. The molecule has 0 N–H and O–H groups in total. The van der Waals surface area contributed by atoms with Gasteiger partial charge in [0.25, 0.3) is 0 Å². The van der Waals surface area contributed by atoms with Crippen LogP contribution in [0.4, 0.5) is 0 Å². The molecule has 1 nitrogen and oxygen atoms in total. The quantitative estimate of drug-likeness (QED) is 0.673. The van der Waals surface area contributed by atoms with Crippen LogP contribution in [0.25, 0.3) is 5.03 Å². The number of hydrogen-bond donors (Lipinski definition) is 0.